The summed E-state index contributed by atoms with van der Waals surface area (Å²) in [6.45, 7) is 21.9. The molecule has 0 aliphatic heterocycles. The smallest absolute Gasteiger partial charge is 0.265 e. The van der Waals surface area contributed by atoms with Crippen LogP contribution in [0.2, 0.25) is 36.3 Å². The largest absolute Gasteiger partial charge is 0.470 e. The Morgan fingerprint density at radius 2 is 1.52 bits per heavy atom. The van der Waals surface area contributed by atoms with Crippen LogP contribution in [0.5, 0.6) is 5.88 Å². The molecule has 5 atom stereocenters. The Morgan fingerprint density at radius 3 is 2.07 bits per heavy atom. The molecule has 0 spiro atoms. The van der Waals surface area contributed by atoms with Crippen LogP contribution in [0, 0.1) is 5.92 Å². The highest BCUT2D eigenvalue weighted by atomic mass is 28.4. The average Bonchev–Trinajstić information content (AvgIpc) is 3.28. The molecule has 1 aromatic heterocycles. The molecule has 0 bridgehead atoms. The monoisotopic (exact) mass is 614 g/mol. The van der Waals surface area contributed by atoms with Gasteiger partial charge < -0.3 is 23.2 Å². The van der Waals surface area contributed by atoms with Gasteiger partial charge in [-0.25, -0.2) is 0 Å². The van der Waals surface area contributed by atoms with Crippen LogP contribution in [0.15, 0.2) is 47.0 Å². The highest BCUT2D eigenvalue weighted by Gasteiger charge is 2.65. The van der Waals surface area contributed by atoms with Gasteiger partial charge >= 0.3 is 0 Å². The van der Waals surface area contributed by atoms with Gasteiger partial charge in [-0.15, -0.1) is 0 Å². The lowest BCUT2D eigenvalue weighted by atomic mass is 9.64. The number of Topliss-reactive ketones (excluding diaryl/α,β-unsaturated/α-hetero) is 1. The van der Waals surface area contributed by atoms with Gasteiger partial charge in [0.15, 0.2) is 28.0 Å². The fraction of sp³-hybridized carbons (Fsp3) is 0.625. The van der Waals surface area contributed by atoms with Gasteiger partial charge in [-0.3, -0.25) is 9.69 Å². The lowest BCUT2D eigenvalue weighted by molar-refractivity contribution is -0.123. The molecule has 2 aliphatic carbocycles. The van der Waals surface area contributed by atoms with Gasteiger partial charge in [0.2, 0.25) is 5.78 Å². The molecule has 1 heterocycles. The number of hydrogen-bond acceptors (Lipinski definition) is 8. The maximum Gasteiger partial charge on any atom is 0.265 e. The normalized spacial score (nSPS) is 26.8. The van der Waals surface area contributed by atoms with E-state index in [1.165, 1.54) is 0 Å². The van der Waals surface area contributed by atoms with Crippen molar-refractivity contribution in [3.63, 3.8) is 0 Å². The predicted molar refractivity (Wildman–Crippen MR) is 170 cm³/mol. The van der Waals surface area contributed by atoms with Crippen molar-refractivity contribution in [1.82, 2.24) is 10.1 Å². The Morgan fingerprint density at radius 1 is 0.952 bits per heavy atom. The summed E-state index contributed by atoms with van der Waals surface area (Å²) in [5, 5.41) is 16.9. The minimum Gasteiger partial charge on any atom is -0.470 e. The Hall–Kier alpha value is -2.09. The molecule has 2 aromatic rings. The van der Waals surface area contributed by atoms with Crippen molar-refractivity contribution >= 4 is 22.4 Å². The summed E-state index contributed by atoms with van der Waals surface area (Å²) >= 11 is 0. The summed E-state index contributed by atoms with van der Waals surface area (Å²) < 4.78 is 25.9. The van der Waals surface area contributed by atoms with Crippen LogP contribution in [0.25, 0.3) is 0 Å². The second-order valence-electron chi connectivity index (χ2n) is 15.1. The molecule has 0 saturated carbocycles. The number of benzene rings is 1. The van der Waals surface area contributed by atoms with Gasteiger partial charge in [-0.1, -0.05) is 84.0 Å². The topological polar surface area (TPSA) is 94.3 Å². The van der Waals surface area contributed by atoms with Crippen LogP contribution < -0.4 is 4.74 Å². The third kappa shape index (κ3) is 5.73. The number of fused-ring (bicyclic) bond motifs is 2. The van der Waals surface area contributed by atoms with Gasteiger partial charge in [0, 0.05) is 5.92 Å². The summed E-state index contributed by atoms with van der Waals surface area (Å²) in [6, 6.07) is 9.20. The maximum absolute atomic E-state index is 14.7. The second kappa shape index (κ2) is 11.1. The van der Waals surface area contributed by atoms with Crippen molar-refractivity contribution in [3.8, 4) is 5.88 Å². The van der Waals surface area contributed by atoms with Crippen molar-refractivity contribution in [1.29, 1.82) is 0 Å². The van der Waals surface area contributed by atoms with E-state index >= 15 is 0 Å². The molecule has 0 fully saturated rings. The van der Waals surface area contributed by atoms with Crippen LogP contribution in [0.3, 0.4) is 0 Å². The zero-order valence-electron chi connectivity index (χ0n) is 27.4. The predicted octanol–water partition coefficient (Wildman–Crippen LogP) is 6.75. The molecule has 4 rings (SSSR count). The van der Waals surface area contributed by atoms with E-state index < -0.39 is 52.2 Å². The number of hydrogen-bond donors (Lipinski definition) is 1. The van der Waals surface area contributed by atoms with Crippen molar-refractivity contribution in [2.24, 2.45) is 5.92 Å². The van der Waals surface area contributed by atoms with E-state index in [2.05, 4.69) is 72.9 Å². The molecule has 1 aromatic carbocycles. The molecule has 0 amide bonds. The van der Waals surface area contributed by atoms with Gasteiger partial charge in [0.1, 0.15) is 18.3 Å². The number of aliphatic hydroxyl groups is 1. The zero-order valence-corrected chi connectivity index (χ0v) is 29.4. The summed E-state index contributed by atoms with van der Waals surface area (Å²) in [4.78, 5) is 16.7. The van der Waals surface area contributed by atoms with Gasteiger partial charge in [0.05, 0.1) is 12.1 Å². The molecule has 1 N–H and O–H groups in total. The highest BCUT2D eigenvalue weighted by molar-refractivity contribution is 6.74. The first kappa shape index (κ1) is 32.8. The van der Waals surface area contributed by atoms with Crippen LogP contribution in [0.4, 0.5) is 0 Å². The van der Waals surface area contributed by atoms with E-state index in [9.17, 15) is 9.90 Å². The lowest BCUT2D eigenvalue weighted by Gasteiger charge is -2.54. The van der Waals surface area contributed by atoms with E-state index in [0.717, 1.165) is 5.56 Å². The Labute approximate surface area is 253 Å². The quantitative estimate of drug-likeness (QED) is 0.258. The molecule has 8 nitrogen and oxygen atoms in total. The number of ketones is 1. The number of aromatic nitrogens is 1. The minimum absolute atomic E-state index is 0.0787. The van der Waals surface area contributed by atoms with Crippen LogP contribution in [-0.4, -0.2) is 69.5 Å². The third-order valence-corrected chi connectivity index (χ3v) is 18.8. The fourth-order valence-electron chi connectivity index (χ4n) is 5.25. The Balaban J connectivity index is 1.85. The average molecular weight is 615 g/mol. The van der Waals surface area contributed by atoms with Crippen LogP contribution in [0.1, 0.15) is 69.3 Å². The first-order valence-electron chi connectivity index (χ1n) is 14.9. The van der Waals surface area contributed by atoms with E-state index in [-0.39, 0.29) is 28.1 Å². The van der Waals surface area contributed by atoms with Crippen molar-refractivity contribution in [2.45, 2.75) is 108 Å². The lowest BCUT2D eigenvalue weighted by Crippen LogP contribution is -2.69. The molecule has 2 aliphatic rings. The van der Waals surface area contributed by atoms with E-state index in [4.69, 9.17) is 18.1 Å². The molecule has 0 saturated heterocycles. The van der Waals surface area contributed by atoms with Crippen LogP contribution >= 0.6 is 0 Å². The molecular weight excluding hydrogens is 565 g/mol. The summed E-state index contributed by atoms with van der Waals surface area (Å²) in [5.41, 5.74) is -0.829. The summed E-state index contributed by atoms with van der Waals surface area (Å²) in [6.07, 6.45) is 2.38. The maximum atomic E-state index is 14.7. The minimum atomic E-state index is -2.50. The summed E-state index contributed by atoms with van der Waals surface area (Å²) in [7, 11) is -1.01. The third-order valence-electron chi connectivity index (χ3n) is 9.87. The standard InChI is InChI=1S/C32H50N2O6Si2/c1-30(2,3)41(9,10)39-23-19-18-22-25(34(7)8)26-24(29(33-38-26)37-20-21-16-14-13-15-17-21)27(35)32(22,36)28(23)40-42(11,12)31(4,5)6/h13-19,22-23,25,28,36H,20H2,1-12H3/t22-,23+,25-,28+,32+/m0/s1. The van der Waals surface area contributed by atoms with Crippen LogP contribution in [-0.2, 0) is 15.5 Å². The summed E-state index contributed by atoms with van der Waals surface area (Å²) in [5.74, 6) is -0.666. The van der Waals surface area contributed by atoms with Crippen molar-refractivity contribution in [3.05, 3.63) is 59.4 Å². The number of carbonyl (C=O) groups is 1. The van der Waals surface area contributed by atoms with Gasteiger partial charge in [-0.05, 0) is 61.1 Å². The van der Waals surface area contributed by atoms with E-state index in [0.29, 0.717) is 5.76 Å². The van der Waals surface area contributed by atoms with Gasteiger partial charge in [-0.2, -0.15) is 0 Å². The SMILES string of the molecule is CN(C)[C@@H]1c2onc(OCc3ccccc3)c2C(=O)[C@@]2(O)[C@H](O[Si](C)(C)C(C)(C)C)[C@H](O[Si](C)(C)C(C)(C)C)C=C[C@@H]12. The van der Waals surface area contributed by atoms with E-state index in [1.807, 2.05) is 61.5 Å². The second-order valence-corrected chi connectivity index (χ2v) is 24.6. The highest BCUT2D eigenvalue weighted by Crippen LogP contribution is 2.53. The van der Waals surface area contributed by atoms with Crippen molar-refractivity contribution in [2.75, 3.05) is 14.1 Å². The Kier molecular flexibility index (Phi) is 8.69. The number of nitrogens with zero attached hydrogens (tertiary/aromatic N) is 2. The molecular formula is C32H50N2O6Si2. The zero-order chi connectivity index (χ0) is 31.5. The molecule has 42 heavy (non-hydrogen) atoms. The number of rotatable bonds is 8. The number of ether oxygens (including phenoxy) is 1. The molecule has 0 radical (unpaired) electrons. The first-order valence-corrected chi connectivity index (χ1v) is 20.7. The number of carbonyl (C=O) groups excluding carboxylic acids is 1. The molecule has 232 valence electrons. The molecule has 0 unspecified atom stereocenters. The van der Waals surface area contributed by atoms with Crippen molar-refractivity contribution < 1.29 is 28.0 Å². The Bertz CT molecular complexity index is 1310. The van der Waals surface area contributed by atoms with Gasteiger partial charge in [0.25, 0.3) is 5.88 Å². The molecule has 10 heteroatoms. The fourth-order valence-corrected chi connectivity index (χ4v) is 7.79. The van der Waals surface area contributed by atoms with E-state index in [1.54, 1.807) is 0 Å². The first-order chi connectivity index (χ1) is 19.2.